The van der Waals surface area contributed by atoms with Crippen LogP contribution >= 0.6 is 0 Å². The fraction of sp³-hybridized carbons (Fsp3) is 0.167. The SMILES string of the molecule is CCOC(=O)C1=CCC(=CN=C(N=CN)c2ccccc2O)C=C1. The molecule has 1 aromatic carbocycles. The van der Waals surface area contributed by atoms with Gasteiger partial charge in [0.15, 0.2) is 5.84 Å². The zero-order valence-corrected chi connectivity index (χ0v) is 13.3. The molecule has 0 radical (unpaired) electrons. The van der Waals surface area contributed by atoms with Gasteiger partial charge in [0.05, 0.1) is 24.1 Å². The van der Waals surface area contributed by atoms with Crippen molar-refractivity contribution < 1.29 is 14.6 Å². The molecule has 0 fully saturated rings. The Hall–Kier alpha value is -3.15. The summed E-state index contributed by atoms with van der Waals surface area (Å²) in [6.45, 7) is 2.11. The second-order valence-electron chi connectivity index (χ2n) is 4.87. The molecule has 0 unspecified atom stereocenters. The zero-order chi connectivity index (χ0) is 17.4. The van der Waals surface area contributed by atoms with E-state index in [0.29, 0.717) is 30.0 Å². The molecule has 1 aliphatic rings. The quantitative estimate of drug-likeness (QED) is 0.505. The fourth-order valence-electron chi connectivity index (χ4n) is 2.07. The van der Waals surface area contributed by atoms with Gasteiger partial charge in [0.2, 0.25) is 0 Å². The average Bonchev–Trinajstić information content (AvgIpc) is 2.60. The Morgan fingerprint density at radius 1 is 1.38 bits per heavy atom. The molecule has 0 heterocycles. The molecule has 3 N–H and O–H groups in total. The minimum Gasteiger partial charge on any atom is -0.507 e. The van der Waals surface area contributed by atoms with Gasteiger partial charge in [-0.25, -0.2) is 14.8 Å². The first-order valence-electron chi connectivity index (χ1n) is 7.50. The van der Waals surface area contributed by atoms with Gasteiger partial charge in [0.1, 0.15) is 5.75 Å². The van der Waals surface area contributed by atoms with Crippen LogP contribution in [0.25, 0.3) is 0 Å². The Kier molecular flexibility index (Phi) is 6.08. The number of rotatable bonds is 4. The van der Waals surface area contributed by atoms with Crippen molar-refractivity contribution in [1.29, 1.82) is 0 Å². The number of allylic oxidation sites excluding steroid dienone is 3. The molecule has 1 aromatic rings. The van der Waals surface area contributed by atoms with Crippen molar-refractivity contribution in [3.63, 3.8) is 0 Å². The summed E-state index contributed by atoms with van der Waals surface area (Å²) in [6.07, 6.45) is 8.57. The van der Waals surface area contributed by atoms with Gasteiger partial charge in [-0.1, -0.05) is 24.3 Å². The fourth-order valence-corrected chi connectivity index (χ4v) is 2.07. The molecule has 0 saturated carbocycles. The third-order valence-electron chi connectivity index (χ3n) is 3.24. The largest absolute Gasteiger partial charge is 0.507 e. The van der Waals surface area contributed by atoms with Crippen molar-refractivity contribution in [3.8, 4) is 5.75 Å². The summed E-state index contributed by atoms with van der Waals surface area (Å²) in [5.41, 5.74) is 7.26. The van der Waals surface area contributed by atoms with Gasteiger partial charge in [-0.2, -0.15) is 0 Å². The van der Waals surface area contributed by atoms with Crippen LogP contribution in [0.15, 0.2) is 69.8 Å². The lowest BCUT2D eigenvalue weighted by molar-refractivity contribution is -0.138. The average molecular weight is 325 g/mol. The molecule has 0 amide bonds. The van der Waals surface area contributed by atoms with Crippen molar-refractivity contribution in [1.82, 2.24) is 0 Å². The van der Waals surface area contributed by atoms with Crippen molar-refractivity contribution in [2.24, 2.45) is 15.7 Å². The maximum atomic E-state index is 11.6. The van der Waals surface area contributed by atoms with E-state index in [-0.39, 0.29) is 11.7 Å². The van der Waals surface area contributed by atoms with Crippen molar-refractivity contribution in [3.05, 3.63) is 65.4 Å². The molecule has 24 heavy (non-hydrogen) atoms. The number of hydrogen-bond donors (Lipinski definition) is 2. The highest BCUT2D eigenvalue weighted by Crippen LogP contribution is 2.19. The first-order chi connectivity index (χ1) is 11.7. The van der Waals surface area contributed by atoms with Gasteiger partial charge < -0.3 is 15.6 Å². The van der Waals surface area contributed by atoms with E-state index in [0.717, 1.165) is 11.9 Å². The number of hydrogen-bond acceptors (Lipinski definition) is 4. The number of para-hydroxylation sites is 1. The van der Waals surface area contributed by atoms with Gasteiger partial charge in [-0.15, -0.1) is 0 Å². The molecule has 0 bridgehead atoms. The summed E-state index contributed by atoms with van der Waals surface area (Å²) < 4.78 is 4.95. The van der Waals surface area contributed by atoms with E-state index in [9.17, 15) is 9.90 Å². The first kappa shape index (κ1) is 17.2. The van der Waals surface area contributed by atoms with E-state index in [4.69, 9.17) is 10.5 Å². The van der Waals surface area contributed by atoms with Crippen LogP contribution in [0.3, 0.4) is 0 Å². The number of phenolic OH excluding ortho intramolecular Hbond substituents is 1. The van der Waals surface area contributed by atoms with Crippen LogP contribution in [0.1, 0.15) is 18.9 Å². The monoisotopic (exact) mass is 325 g/mol. The number of nitrogens with two attached hydrogens (primary N) is 1. The van der Waals surface area contributed by atoms with E-state index < -0.39 is 0 Å². The minimum atomic E-state index is -0.334. The summed E-state index contributed by atoms with van der Waals surface area (Å²) in [5.74, 6) is 0.0412. The second-order valence-corrected chi connectivity index (χ2v) is 4.87. The lowest BCUT2D eigenvalue weighted by atomic mass is 10.0. The molecule has 0 spiro atoms. The maximum Gasteiger partial charge on any atom is 0.337 e. The summed E-state index contributed by atoms with van der Waals surface area (Å²) >= 11 is 0. The standard InChI is InChI=1S/C18H19N3O3/c1-2-24-18(23)14-9-7-13(8-10-14)11-20-17(21-12-19)15-5-3-4-6-16(15)22/h3-7,9-12,22H,2,8H2,1H3,(H2,19,20,21). The highest BCUT2D eigenvalue weighted by Gasteiger charge is 2.11. The van der Waals surface area contributed by atoms with E-state index >= 15 is 0 Å². The topological polar surface area (TPSA) is 97.3 Å². The summed E-state index contributed by atoms with van der Waals surface area (Å²) in [7, 11) is 0. The molecular weight excluding hydrogens is 306 g/mol. The highest BCUT2D eigenvalue weighted by molar-refractivity contribution is 6.05. The normalized spacial score (nSPS) is 16.5. The number of aliphatic imine (C=N–C) groups is 2. The molecule has 1 aliphatic carbocycles. The number of aromatic hydroxyl groups is 1. The lowest BCUT2D eigenvalue weighted by Crippen LogP contribution is -2.07. The number of esters is 1. The Morgan fingerprint density at radius 2 is 2.17 bits per heavy atom. The number of benzene rings is 1. The molecule has 124 valence electrons. The second kappa shape index (κ2) is 8.47. The Bertz CT molecular complexity index is 759. The maximum absolute atomic E-state index is 11.6. The molecule has 2 rings (SSSR count). The van der Waals surface area contributed by atoms with E-state index in [1.807, 2.05) is 0 Å². The molecule has 6 heteroatoms. The lowest BCUT2D eigenvalue weighted by Gasteiger charge is -2.08. The third kappa shape index (κ3) is 4.42. The number of nitrogens with zero attached hydrogens (tertiary/aromatic N) is 2. The molecular formula is C18H19N3O3. The van der Waals surface area contributed by atoms with Gasteiger partial charge in [0.25, 0.3) is 0 Å². The van der Waals surface area contributed by atoms with Crippen LogP contribution < -0.4 is 5.73 Å². The van der Waals surface area contributed by atoms with Crippen LogP contribution in [0.2, 0.25) is 0 Å². The van der Waals surface area contributed by atoms with Gasteiger partial charge in [0, 0.05) is 6.20 Å². The van der Waals surface area contributed by atoms with Crippen molar-refractivity contribution >= 4 is 18.1 Å². The van der Waals surface area contributed by atoms with Crippen molar-refractivity contribution in [2.45, 2.75) is 13.3 Å². The molecule has 0 aromatic heterocycles. The van der Waals surface area contributed by atoms with Crippen LogP contribution in [-0.4, -0.2) is 29.9 Å². The molecule has 0 atom stereocenters. The van der Waals surface area contributed by atoms with Crippen LogP contribution in [-0.2, 0) is 9.53 Å². The van der Waals surface area contributed by atoms with Gasteiger partial charge in [-0.3, -0.25) is 0 Å². The summed E-state index contributed by atoms with van der Waals surface area (Å²) in [5, 5.41) is 9.90. The Morgan fingerprint density at radius 3 is 2.79 bits per heavy atom. The van der Waals surface area contributed by atoms with E-state index in [2.05, 4.69) is 9.98 Å². The van der Waals surface area contributed by atoms with Crippen LogP contribution in [0.5, 0.6) is 5.75 Å². The number of ether oxygens (including phenoxy) is 1. The van der Waals surface area contributed by atoms with Gasteiger partial charge in [-0.05, 0) is 37.1 Å². The smallest absolute Gasteiger partial charge is 0.337 e. The minimum absolute atomic E-state index is 0.0731. The Balaban J connectivity index is 2.19. The van der Waals surface area contributed by atoms with Crippen LogP contribution in [0.4, 0.5) is 0 Å². The first-order valence-corrected chi connectivity index (χ1v) is 7.50. The number of carbonyl (C=O) groups is 1. The Labute approximate surface area is 140 Å². The molecule has 0 saturated heterocycles. The predicted molar refractivity (Wildman–Crippen MR) is 93.9 cm³/mol. The number of amidine groups is 1. The predicted octanol–water partition coefficient (Wildman–Crippen LogP) is 2.46. The zero-order valence-electron chi connectivity index (χ0n) is 13.3. The summed E-state index contributed by atoms with van der Waals surface area (Å²) in [6, 6.07) is 6.75. The van der Waals surface area contributed by atoms with Crippen LogP contribution in [0, 0.1) is 0 Å². The van der Waals surface area contributed by atoms with E-state index in [1.54, 1.807) is 55.6 Å². The highest BCUT2D eigenvalue weighted by atomic mass is 16.5. The van der Waals surface area contributed by atoms with E-state index in [1.165, 1.54) is 0 Å². The number of carbonyl (C=O) groups excluding carboxylic acids is 1. The van der Waals surface area contributed by atoms with Crippen molar-refractivity contribution in [2.75, 3.05) is 6.61 Å². The number of phenols is 1. The molecule has 0 aliphatic heterocycles. The summed E-state index contributed by atoms with van der Waals surface area (Å²) in [4.78, 5) is 19.9. The molecule has 6 nitrogen and oxygen atoms in total. The third-order valence-corrected chi connectivity index (χ3v) is 3.24. The van der Waals surface area contributed by atoms with Gasteiger partial charge >= 0.3 is 5.97 Å².